The molecule has 0 unspecified atom stereocenters. The van der Waals surface area contributed by atoms with Gasteiger partial charge in [-0.25, -0.2) is 18.7 Å². The van der Waals surface area contributed by atoms with Gasteiger partial charge in [0.15, 0.2) is 23.1 Å². The van der Waals surface area contributed by atoms with Gasteiger partial charge in [0.05, 0.1) is 64.9 Å². The number of carbonyl (C=O) groups is 6. The molecule has 70 heavy (non-hydrogen) atoms. The number of Topliss-reactive ketones (excluding diaryl/α,β-unsaturated/α-hetero) is 4. The number of nitrogens with zero attached hydrogens (tertiary/aromatic N) is 6. The maximum Gasteiger partial charge on any atom is 0.419 e. The van der Waals surface area contributed by atoms with Gasteiger partial charge in [0, 0.05) is 42.8 Å². The quantitative estimate of drug-likeness (QED) is 0.112. The summed E-state index contributed by atoms with van der Waals surface area (Å²) in [5.74, 6) is -2.48. The van der Waals surface area contributed by atoms with Crippen LogP contribution in [0.15, 0.2) is 120 Å². The molecular weight excluding hydrogens is 925 g/mol. The summed E-state index contributed by atoms with van der Waals surface area (Å²) in [5.41, 5.74) is 2.47. The van der Waals surface area contributed by atoms with Gasteiger partial charge < -0.3 is 9.47 Å². The molecule has 5 aromatic carbocycles. The summed E-state index contributed by atoms with van der Waals surface area (Å²) in [6.07, 6.45) is 1.33. The fraction of sp³-hybridized carbons (Fsp3) is 0.0370. The van der Waals surface area contributed by atoms with Crippen LogP contribution in [0.1, 0.15) is 84.6 Å². The van der Waals surface area contributed by atoms with Gasteiger partial charge >= 0.3 is 12.2 Å². The molecule has 0 saturated carbocycles. The lowest BCUT2D eigenvalue weighted by Gasteiger charge is -2.09. The van der Waals surface area contributed by atoms with Gasteiger partial charge in [-0.2, -0.15) is 21.0 Å². The molecule has 9 aromatic rings. The van der Waals surface area contributed by atoms with E-state index in [0.29, 0.717) is 52.0 Å². The van der Waals surface area contributed by atoms with Crippen LogP contribution in [0.3, 0.4) is 0 Å². The Labute approximate surface area is 402 Å². The Morgan fingerprint density at radius 3 is 1.11 bits per heavy atom. The molecule has 0 aliphatic heterocycles. The normalized spacial score (nSPS) is 12.8. The highest BCUT2D eigenvalue weighted by molar-refractivity contribution is 7.21. The third-order valence-electron chi connectivity index (χ3n) is 12.1. The van der Waals surface area contributed by atoms with Gasteiger partial charge in [-0.3, -0.25) is 19.2 Å². The minimum atomic E-state index is -0.750. The summed E-state index contributed by atoms with van der Waals surface area (Å²) < 4.78 is 15.6. The third-order valence-corrected chi connectivity index (χ3v) is 14.3. The van der Waals surface area contributed by atoms with Crippen molar-refractivity contribution in [1.29, 1.82) is 21.0 Å². The van der Waals surface area contributed by atoms with Crippen LogP contribution in [0, 0.1) is 45.3 Å². The van der Waals surface area contributed by atoms with Crippen LogP contribution >= 0.6 is 22.7 Å². The number of ether oxygens (including phenoxy) is 2. The van der Waals surface area contributed by atoms with E-state index in [9.17, 15) is 49.8 Å². The summed E-state index contributed by atoms with van der Waals surface area (Å²) in [5, 5.41) is 39.4. The highest BCUT2D eigenvalue weighted by atomic mass is 32.1. The zero-order valence-corrected chi connectivity index (χ0v) is 37.4. The van der Waals surface area contributed by atoms with Crippen molar-refractivity contribution < 1.29 is 38.2 Å². The van der Waals surface area contributed by atoms with E-state index in [1.807, 2.05) is 60.7 Å². The molecule has 11 rings (SSSR count). The first-order chi connectivity index (χ1) is 34.0. The van der Waals surface area contributed by atoms with Crippen molar-refractivity contribution in [3.63, 3.8) is 0 Å². The molecule has 4 aromatic heterocycles. The number of allylic oxidation sites excluding steroid dienone is 2. The summed E-state index contributed by atoms with van der Waals surface area (Å²) >= 11 is 2.36. The van der Waals surface area contributed by atoms with Gasteiger partial charge in [0.2, 0.25) is 0 Å². The second-order valence-corrected chi connectivity index (χ2v) is 18.3. The largest absolute Gasteiger partial charge is 0.444 e. The third kappa shape index (κ3) is 6.72. The van der Waals surface area contributed by atoms with E-state index >= 15 is 0 Å². The van der Waals surface area contributed by atoms with E-state index in [1.165, 1.54) is 68.2 Å². The highest BCUT2D eigenvalue weighted by Gasteiger charge is 2.36. The van der Waals surface area contributed by atoms with Crippen molar-refractivity contribution in [2.24, 2.45) is 0 Å². The topological polar surface area (TPSA) is 226 Å². The smallest absolute Gasteiger partial charge is 0.419 e. The maximum atomic E-state index is 14.4. The minimum absolute atomic E-state index is 0.00361. The average molecular weight is 949 g/mol. The fourth-order valence-electron chi connectivity index (χ4n) is 8.85. The van der Waals surface area contributed by atoms with Crippen LogP contribution in [0.4, 0.5) is 9.59 Å². The highest BCUT2D eigenvalue weighted by Crippen LogP contribution is 2.44. The van der Waals surface area contributed by atoms with Crippen LogP contribution in [0.25, 0.3) is 54.4 Å². The molecule has 0 bridgehead atoms. The van der Waals surface area contributed by atoms with Gasteiger partial charge in [0.25, 0.3) is 0 Å². The first-order valence-electron chi connectivity index (χ1n) is 21.1. The molecule has 0 radical (unpaired) electrons. The van der Waals surface area contributed by atoms with Crippen molar-refractivity contribution in [2.45, 2.75) is 13.2 Å². The molecule has 14 nitrogen and oxygen atoms in total. The number of hydrogen-bond acceptors (Lipinski definition) is 14. The van der Waals surface area contributed by atoms with Crippen LogP contribution < -0.4 is 0 Å². The monoisotopic (exact) mass is 948 g/mol. The summed E-state index contributed by atoms with van der Waals surface area (Å²) in [6, 6.07) is 37.5. The average Bonchev–Trinajstić information content (AvgIpc) is 4.21. The molecule has 0 amide bonds. The Morgan fingerprint density at radius 2 is 0.800 bits per heavy atom. The van der Waals surface area contributed by atoms with Gasteiger partial charge in [-0.15, -0.1) is 22.7 Å². The van der Waals surface area contributed by atoms with Crippen LogP contribution in [0.2, 0.25) is 0 Å². The number of carbonyl (C=O) groups excluding carboxylic acids is 6. The molecular formula is C54H24N6O8S2. The predicted molar refractivity (Wildman–Crippen MR) is 257 cm³/mol. The molecule has 4 heterocycles. The number of ketones is 4. The molecule has 0 saturated heterocycles. The van der Waals surface area contributed by atoms with Crippen molar-refractivity contribution >= 4 is 112 Å². The Balaban J connectivity index is 1.08. The van der Waals surface area contributed by atoms with Crippen molar-refractivity contribution in [3.8, 4) is 24.3 Å². The zero-order chi connectivity index (χ0) is 48.5. The van der Waals surface area contributed by atoms with Gasteiger partial charge in [-0.05, 0) is 71.8 Å². The number of nitriles is 4. The Morgan fingerprint density at radius 1 is 0.471 bits per heavy atom. The zero-order valence-electron chi connectivity index (χ0n) is 35.7. The molecule has 330 valence electrons. The van der Waals surface area contributed by atoms with Crippen LogP contribution in [-0.2, 0) is 22.7 Å². The molecule has 0 spiro atoms. The Bertz CT molecular complexity index is 3800. The Hall–Kier alpha value is -9.84. The number of fused-ring (bicyclic) bond motifs is 8. The molecule has 0 atom stereocenters. The van der Waals surface area contributed by atoms with Crippen molar-refractivity contribution in [2.75, 3.05) is 0 Å². The predicted octanol–water partition coefficient (Wildman–Crippen LogP) is 10.8. The van der Waals surface area contributed by atoms with Crippen LogP contribution in [0.5, 0.6) is 0 Å². The molecule has 16 heteroatoms. The summed E-state index contributed by atoms with van der Waals surface area (Å²) in [6.45, 7) is -0.150. The molecule has 0 N–H and O–H groups in total. The van der Waals surface area contributed by atoms with E-state index in [0.717, 1.165) is 11.1 Å². The lowest BCUT2D eigenvalue weighted by Crippen LogP contribution is -2.14. The number of aromatic nitrogens is 2. The molecule has 0 fully saturated rings. The second kappa shape index (κ2) is 16.5. The first-order valence-corrected chi connectivity index (χ1v) is 22.7. The molecule has 2 aliphatic carbocycles. The summed E-state index contributed by atoms with van der Waals surface area (Å²) in [4.78, 5) is 84.3. The van der Waals surface area contributed by atoms with E-state index < -0.39 is 35.3 Å². The van der Waals surface area contributed by atoms with E-state index in [4.69, 9.17) is 9.47 Å². The van der Waals surface area contributed by atoms with Gasteiger partial charge in [0.1, 0.15) is 37.5 Å². The fourth-order valence-corrected chi connectivity index (χ4v) is 11.1. The summed E-state index contributed by atoms with van der Waals surface area (Å²) in [7, 11) is 0. The SMILES string of the molecule is N#Cc1cc2c(cc1C#N)C(=O)C(=Cc1cc3c(s1)c1cc4c(cc1n3C(=O)OCc1ccccc1)c1sc(C=C3C(=O)c5cc(C#N)c(C#N)cc5C3=O)cc1n4C(=O)OCc1ccccc1)C2=O. The van der Waals surface area contributed by atoms with Crippen LogP contribution in [-0.4, -0.2) is 44.5 Å². The Kier molecular flexibility index (Phi) is 10.1. The molecule has 2 aliphatic rings. The van der Waals surface area contributed by atoms with E-state index in [1.54, 1.807) is 48.5 Å². The lowest BCUT2D eigenvalue weighted by molar-refractivity contribution is 0.0975. The minimum Gasteiger partial charge on any atom is -0.444 e. The van der Waals surface area contributed by atoms with Crippen molar-refractivity contribution in [3.05, 3.63) is 186 Å². The number of thiophene rings is 2. The second-order valence-electron chi connectivity index (χ2n) is 16.1. The lowest BCUT2D eigenvalue weighted by atomic mass is 10.0. The van der Waals surface area contributed by atoms with Gasteiger partial charge in [-0.1, -0.05) is 60.7 Å². The van der Waals surface area contributed by atoms with Crippen molar-refractivity contribution in [1.82, 2.24) is 9.13 Å². The number of benzene rings is 5. The van der Waals surface area contributed by atoms with E-state index in [-0.39, 0.29) is 68.9 Å². The number of hydrogen-bond donors (Lipinski definition) is 0. The number of rotatable bonds is 6. The first kappa shape index (κ1) is 42.8. The maximum absolute atomic E-state index is 14.4. The van der Waals surface area contributed by atoms with E-state index in [2.05, 4.69) is 0 Å². The standard InChI is InChI=1S/C54H24N6O8S2/c55-21-29-11-35-36(12-30(29)22-56)48(62)41(47(35)61)15-33-17-45-51(69-33)39-20-44-40(19-43(39)59(45)53(65)67-25-27-7-3-1-4-8-27)52-46(60(44)54(66)68-26-28-9-5-2-6-10-28)18-34(70-52)16-42-49(63)37-13-31(23-57)32(24-58)14-38(37)50(42)64/h1-20H,25-26H2.